The summed E-state index contributed by atoms with van der Waals surface area (Å²) in [6, 6.07) is 1.86. The third-order valence-corrected chi connectivity index (χ3v) is 4.66. The highest BCUT2D eigenvalue weighted by Gasteiger charge is 2.49. The number of amides is 1. The molecule has 20 heavy (non-hydrogen) atoms. The van der Waals surface area contributed by atoms with E-state index in [-0.39, 0.29) is 5.91 Å². The van der Waals surface area contributed by atoms with Crippen LogP contribution in [0.3, 0.4) is 0 Å². The molecule has 1 aromatic heterocycles. The lowest BCUT2D eigenvalue weighted by molar-refractivity contribution is -0.124. The Balaban J connectivity index is 2.09. The summed E-state index contributed by atoms with van der Waals surface area (Å²) in [7, 11) is 0. The minimum absolute atomic E-state index is 0.256. The number of nitrogens with one attached hydrogen (secondary N) is 1. The van der Waals surface area contributed by atoms with Crippen molar-refractivity contribution in [2.45, 2.75) is 43.8 Å². The van der Waals surface area contributed by atoms with Crippen molar-refractivity contribution >= 4 is 17.7 Å². The number of rotatable bonds is 8. The first kappa shape index (κ1) is 15.3. The van der Waals surface area contributed by atoms with Gasteiger partial charge in [-0.05, 0) is 44.7 Å². The molecule has 1 heterocycles. The molecule has 1 fully saturated rings. The minimum atomic E-state index is -0.617. The molecule has 0 aliphatic heterocycles. The highest BCUT2D eigenvalue weighted by Crippen LogP contribution is 2.42. The molecule has 1 amide bonds. The number of carbonyl (C=O) groups excluding carboxylic acids is 1. The number of aryl methyl sites for hydroxylation is 1. The predicted molar refractivity (Wildman–Crippen MR) is 80.4 cm³/mol. The van der Waals surface area contributed by atoms with Crippen molar-refractivity contribution in [2.75, 3.05) is 12.3 Å². The number of thioether (sulfide) groups is 1. The summed E-state index contributed by atoms with van der Waals surface area (Å²) in [5.74, 6) is 0.689. The lowest BCUT2D eigenvalue weighted by Gasteiger charge is -2.31. The van der Waals surface area contributed by atoms with Crippen LogP contribution < -0.4 is 11.1 Å². The van der Waals surface area contributed by atoms with Crippen molar-refractivity contribution in [1.82, 2.24) is 15.3 Å². The van der Waals surface area contributed by atoms with E-state index in [4.69, 9.17) is 5.73 Å². The number of nitrogens with zero attached hydrogens (tertiary/aromatic N) is 2. The van der Waals surface area contributed by atoms with Gasteiger partial charge in [0.2, 0.25) is 5.91 Å². The van der Waals surface area contributed by atoms with Crippen LogP contribution in [0.15, 0.2) is 17.4 Å². The Morgan fingerprint density at radius 3 is 2.90 bits per heavy atom. The summed E-state index contributed by atoms with van der Waals surface area (Å²) < 4.78 is 0. The lowest BCUT2D eigenvalue weighted by Crippen LogP contribution is -2.59. The topological polar surface area (TPSA) is 80.9 Å². The fourth-order valence-electron chi connectivity index (χ4n) is 2.27. The maximum Gasteiger partial charge on any atom is 0.238 e. The molecule has 2 rings (SSSR count). The number of aromatic nitrogens is 2. The highest BCUT2D eigenvalue weighted by molar-refractivity contribution is 7.99. The third kappa shape index (κ3) is 3.49. The van der Waals surface area contributed by atoms with Gasteiger partial charge in [-0.3, -0.25) is 4.79 Å². The van der Waals surface area contributed by atoms with E-state index in [2.05, 4.69) is 22.2 Å². The van der Waals surface area contributed by atoms with Crippen LogP contribution in [0.5, 0.6) is 0 Å². The summed E-state index contributed by atoms with van der Waals surface area (Å²) in [4.78, 5) is 20.6. The second kappa shape index (κ2) is 6.54. The number of primary amides is 1. The molecular weight excluding hydrogens is 272 g/mol. The van der Waals surface area contributed by atoms with E-state index in [0.29, 0.717) is 16.8 Å². The molecule has 1 aliphatic rings. The smallest absolute Gasteiger partial charge is 0.238 e. The van der Waals surface area contributed by atoms with Gasteiger partial charge in [0.15, 0.2) is 5.16 Å². The molecule has 1 aliphatic carbocycles. The van der Waals surface area contributed by atoms with Crippen molar-refractivity contribution in [3.05, 3.63) is 18.0 Å². The largest absolute Gasteiger partial charge is 0.368 e. The molecule has 3 N–H and O–H groups in total. The van der Waals surface area contributed by atoms with Crippen LogP contribution in [0.4, 0.5) is 0 Å². The van der Waals surface area contributed by atoms with Crippen molar-refractivity contribution in [3.63, 3.8) is 0 Å². The summed E-state index contributed by atoms with van der Waals surface area (Å²) in [6.45, 7) is 4.82. The molecular formula is C14H22N4OS. The first-order chi connectivity index (χ1) is 9.58. The van der Waals surface area contributed by atoms with E-state index >= 15 is 0 Å². The van der Waals surface area contributed by atoms with E-state index in [1.54, 1.807) is 6.20 Å². The van der Waals surface area contributed by atoms with Crippen LogP contribution >= 0.6 is 11.8 Å². The highest BCUT2D eigenvalue weighted by atomic mass is 32.2. The fraction of sp³-hybridized carbons (Fsp3) is 0.643. The molecule has 1 saturated carbocycles. The summed E-state index contributed by atoms with van der Waals surface area (Å²) in [6.07, 6.45) is 4.85. The average molecular weight is 294 g/mol. The number of hydrogen-bond acceptors (Lipinski definition) is 5. The molecule has 1 unspecified atom stereocenters. The van der Waals surface area contributed by atoms with E-state index in [1.165, 1.54) is 11.8 Å². The van der Waals surface area contributed by atoms with Gasteiger partial charge in [0.25, 0.3) is 0 Å². The number of carbonyl (C=O) groups is 1. The summed E-state index contributed by atoms with van der Waals surface area (Å²) >= 11 is 1.50. The normalized spacial score (nSPS) is 17.7. The Morgan fingerprint density at radius 2 is 2.35 bits per heavy atom. The lowest BCUT2D eigenvalue weighted by atomic mass is 9.94. The van der Waals surface area contributed by atoms with Gasteiger partial charge in [-0.15, -0.1) is 0 Å². The Kier molecular flexibility index (Phi) is 4.99. The molecule has 0 radical (unpaired) electrons. The van der Waals surface area contributed by atoms with Gasteiger partial charge in [0.05, 0.1) is 0 Å². The Morgan fingerprint density at radius 1 is 1.60 bits per heavy atom. The van der Waals surface area contributed by atoms with Crippen molar-refractivity contribution in [1.29, 1.82) is 0 Å². The second-order valence-electron chi connectivity index (χ2n) is 5.31. The van der Waals surface area contributed by atoms with E-state index in [0.717, 1.165) is 31.5 Å². The second-order valence-corrected chi connectivity index (χ2v) is 6.25. The number of hydrogen-bond donors (Lipinski definition) is 2. The van der Waals surface area contributed by atoms with Gasteiger partial charge in [0.1, 0.15) is 5.54 Å². The van der Waals surface area contributed by atoms with Crippen LogP contribution in [0.25, 0.3) is 0 Å². The fourth-order valence-corrected chi connectivity index (χ4v) is 3.45. The average Bonchev–Trinajstić information content (AvgIpc) is 3.24. The summed E-state index contributed by atoms with van der Waals surface area (Å²) in [5.41, 5.74) is 6.01. The quantitative estimate of drug-likeness (QED) is 0.561. The zero-order valence-corrected chi connectivity index (χ0v) is 12.9. The number of nitrogens with two attached hydrogens (primary N) is 1. The molecule has 1 atom stereocenters. The van der Waals surface area contributed by atoms with Crippen LogP contribution in [0, 0.1) is 12.8 Å². The van der Waals surface area contributed by atoms with Gasteiger partial charge in [-0.2, -0.15) is 0 Å². The van der Waals surface area contributed by atoms with Crippen molar-refractivity contribution in [3.8, 4) is 0 Å². The van der Waals surface area contributed by atoms with Crippen molar-refractivity contribution in [2.24, 2.45) is 11.7 Å². The minimum Gasteiger partial charge on any atom is -0.368 e. The Hall–Kier alpha value is -1.14. The SMILES string of the molecule is CCCNC(CSc1nccc(C)n1)(C(N)=O)C1CC1. The first-order valence-corrected chi connectivity index (χ1v) is 8.04. The van der Waals surface area contributed by atoms with E-state index in [9.17, 15) is 4.79 Å². The summed E-state index contributed by atoms with van der Waals surface area (Å²) in [5, 5.41) is 4.08. The molecule has 0 aromatic carbocycles. The van der Waals surface area contributed by atoms with Gasteiger partial charge >= 0.3 is 0 Å². The van der Waals surface area contributed by atoms with Crippen molar-refractivity contribution < 1.29 is 4.79 Å². The molecule has 0 spiro atoms. The van der Waals surface area contributed by atoms with Gasteiger partial charge in [-0.1, -0.05) is 18.7 Å². The molecule has 110 valence electrons. The molecule has 0 saturated heterocycles. The van der Waals surface area contributed by atoms with E-state index < -0.39 is 5.54 Å². The van der Waals surface area contributed by atoms with Crippen LogP contribution in [-0.2, 0) is 4.79 Å². The first-order valence-electron chi connectivity index (χ1n) is 7.06. The van der Waals surface area contributed by atoms with Gasteiger partial charge in [-0.25, -0.2) is 9.97 Å². The Bertz CT molecular complexity index is 478. The molecule has 5 nitrogen and oxygen atoms in total. The predicted octanol–water partition coefficient (Wildman–Crippen LogP) is 1.51. The monoisotopic (exact) mass is 294 g/mol. The van der Waals surface area contributed by atoms with Crippen LogP contribution in [0.2, 0.25) is 0 Å². The van der Waals surface area contributed by atoms with Crippen LogP contribution in [-0.4, -0.2) is 33.7 Å². The Labute approximate surface area is 124 Å². The van der Waals surface area contributed by atoms with Gasteiger partial charge < -0.3 is 11.1 Å². The third-order valence-electron chi connectivity index (χ3n) is 3.61. The van der Waals surface area contributed by atoms with Crippen LogP contribution in [0.1, 0.15) is 31.9 Å². The van der Waals surface area contributed by atoms with Gasteiger partial charge in [0, 0.05) is 17.6 Å². The standard InChI is InChI=1S/C14H22N4OS/c1-3-7-17-14(12(15)19,11-4-5-11)9-20-13-16-8-6-10(2)18-13/h6,8,11,17H,3-5,7,9H2,1-2H3,(H2,15,19). The maximum atomic E-state index is 12.0. The molecule has 1 aromatic rings. The molecule has 0 bridgehead atoms. The van der Waals surface area contributed by atoms with E-state index in [1.807, 2.05) is 13.0 Å². The maximum absolute atomic E-state index is 12.0. The zero-order chi connectivity index (χ0) is 14.6. The zero-order valence-electron chi connectivity index (χ0n) is 12.1. The molecule has 6 heteroatoms.